The highest BCUT2D eigenvalue weighted by atomic mass is 15.2. The summed E-state index contributed by atoms with van der Waals surface area (Å²) in [7, 11) is 0. The first-order valence-electron chi connectivity index (χ1n) is 8.22. The minimum Gasteiger partial charge on any atom is -0.311 e. The monoisotopic (exact) mass is 268 g/mol. The summed E-state index contributed by atoms with van der Waals surface area (Å²) in [5.41, 5.74) is 0.569. The van der Waals surface area contributed by atoms with Gasteiger partial charge >= 0.3 is 0 Å². The fraction of sp³-hybridized carbons (Fsp3) is 1.00. The van der Waals surface area contributed by atoms with Gasteiger partial charge in [-0.3, -0.25) is 0 Å². The third-order valence-corrected chi connectivity index (χ3v) is 4.23. The molecular formula is C17H36N2. The largest absolute Gasteiger partial charge is 0.311 e. The van der Waals surface area contributed by atoms with E-state index in [2.05, 4.69) is 51.8 Å². The van der Waals surface area contributed by atoms with Gasteiger partial charge in [0.1, 0.15) is 0 Å². The molecule has 1 fully saturated rings. The summed E-state index contributed by atoms with van der Waals surface area (Å²) in [6.07, 6.45) is 7.14. The second-order valence-electron chi connectivity index (χ2n) is 8.12. The second kappa shape index (κ2) is 7.08. The molecule has 2 nitrogen and oxygen atoms in total. The van der Waals surface area contributed by atoms with Crippen molar-refractivity contribution >= 4 is 0 Å². The van der Waals surface area contributed by atoms with Gasteiger partial charge in [-0.05, 0) is 45.6 Å². The molecule has 19 heavy (non-hydrogen) atoms. The Hall–Kier alpha value is -0.0800. The van der Waals surface area contributed by atoms with E-state index in [1.54, 1.807) is 0 Å². The Morgan fingerprint density at radius 3 is 2.05 bits per heavy atom. The van der Waals surface area contributed by atoms with E-state index in [1.807, 2.05) is 0 Å². The van der Waals surface area contributed by atoms with Crippen LogP contribution >= 0.6 is 0 Å². The maximum atomic E-state index is 3.67. The molecule has 0 amide bonds. The van der Waals surface area contributed by atoms with Crippen molar-refractivity contribution in [2.24, 2.45) is 5.41 Å². The number of hydrogen-bond acceptors (Lipinski definition) is 2. The fourth-order valence-electron chi connectivity index (χ4n) is 3.06. The lowest BCUT2D eigenvalue weighted by atomic mass is 9.88. The molecule has 2 heteroatoms. The molecule has 0 heterocycles. The summed E-state index contributed by atoms with van der Waals surface area (Å²) < 4.78 is 0. The average Bonchev–Trinajstić information content (AvgIpc) is 2.34. The van der Waals surface area contributed by atoms with Gasteiger partial charge < -0.3 is 10.2 Å². The first kappa shape index (κ1) is 17.0. The van der Waals surface area contributed by atoms with E-state index in [-0.39, 0.29) is 5.54 Å². The van der Waals surface area contributed by atoms with E-state index in [1.165, 1.54) is 45.2 Å². The Morgan fingerprint density at radius 2 is 1.58 bits per heavy atom. The fourth-order valence-corrected chi connectivity index (χ4v) is 3.06. The molecule has 0 atom stereocenters. The number of nitrogens with one attached hydrogen (secondary N) is 1. The highest BCUT2D eigenvalue weighted by Gasteiger charge is 2.27. The van der Waals surface area contributed by atoms with E-state index < -0.39 is 0 Å². The van der Waals surface area contributed by atoms with Crippen LogP contribution in [-0.4, -0.2) is 36.1 Å². The lowest BCUT2D eigenvalue weighted by molar-refractivity contribution is 0.105. The molecule has 0 bridgehead atoms. The van der Waals surface area contributed by atoms with Crippen molar-refractivity contribution in [3.05, 3.63) is 0 Å². The number of hydrogen-bond donors (Lipinski definition) is 1. The molecular weight excluding hydrogens is 232 g/mol. The van der Waals surface area contributed by atoms with Gasteiger partial charge in [0.25, 0.3) is 0 Å². The molecule has 1 aliphatic carbocycles. The molecule has 0 saturated heterocycles. The van der Waals surface area contributed by atoms with Crippen LogP contribution in [0.4, 0.5) is 0 Å². The van der Waals surface area contributed by atoms with Crippen molar-refractivity contribution in [2.45, 2.75) is 85.2 Å². The molecule has 1 aliphatic rings. The molecule has 114 valence electrons. The van der Waals surface area contributed by atoms with E-state index >= 15 is 0 Å². The van der Waals surface area contributed by atoms with Gasteiger partial charge in [0.15, 0.2) is 0 Å². The highest BCUT2D eigenvalue weighted by molar-refractivity contribution is 4.84. The second-order valence-corrected chi connectivity index (χ2v) is 8.12. The van der Waals surface area contributed by atoms with Gasteiger partial charge in [0.2, 0.25) is 0 Å². The zero-order valence-electron chi connectivity index (χ0n) is 14.2. The van der Waals surface area contributed by atoms with Crippen LogP contribution in [0.5, 0.6) is 0 Å². The van der Waals surface area contributed by atoms with Crippen LogP contribution in [0, 0.1) is 5.41 Å². The molecule has 0 aromatic heterocycles. The summed E-state index contributed by atoms with van der Waals surface area (Å²) in [5.74, 6) is 0. The lowest BCUT2D eigenvalue weighted by Crippen LogP contribution is -2.48. The molecule has 0 spiro atoms. The van der Waals surface area contributed by atoms with Crippen molar-refractivity contribution < 1.29 is 0 Å². The van der Waals surface area contributed by atoms with Crippen LogP contribution in [0.1, 0.15) is 73.6 Å². The standard InChI is InChI=1S/C17H36N2/c1-7-19(15-11-9-8-10-12-15)14-17(5,6)13-18-16(2,3)4/h15,18H,7-14H2,1-6H3. The van der Waals surface area contributed by atoms with Crippen molar-refractivity contribution in [1.82, 2.24) is 10.2 Å². The summed E-state index contributed by atoms with van der Waals surface area (Å²) in [4.78, 5) is 2.73. The normalized spacial score (nSPS) is 19.1. The van der Waals surface area contributed by atoms with Gasteiger partial charge in [0.05, 0.1) is 0 Å². The smallest absolute Gasteiger partial charge is 0.00967 e. The summed E-state index contributed by atoms with van der Waals surface area (Å²) >= 11 is 0. The first-order valence-corrected chi connectivity index (χ1v) is 8.22. The van der Waals surface area contributed by atoms with Crippen LogP contribution in [0.3, 0.4) is 0 Å². The predicted molar refractivity (Wildman–Crippen MR) is 85.7 cm³/mol. The Kier molecular flexibility index (Phi) is 6.32. The molecule has 1 rings (SSSR count). The lowest BCUT2D eigenvalue weighted by Gasteiger charge is -2.40. The molecule has 1 N–H and O–H groups in total. The van der Waals surface area contributed by atoms with E-state index in [0.29, 0.717) is 5.41 Å². The van der Waals surface area contributed by atoms with Gasteiger partial charge in [-0.25, -0.2) is 0 Å². The van der Waals surface area contributed by atoms with Crippen LogP contribution in [0.2, 0.25) is 0 Å². The van der Waals surface area contributed by atoms with Crippen LogP contribution < -0.4 is 5.32 Å². The minimum atomic E-state index is 0.221. The number of rotatable bonds is 6. The van der Waals surface area contributed by atoms with Crippen molar-refractivity contribution in [3.8, 4) is 0 Å². The van der Waals surface area contributed by atoms with Crippen LogP contribution in [-0.2, 0) is 0 Å². The van der Waals surface area contributed by atoms with E-state index in [9.17, 15) is 0 Å². The Bertz CT molecular complexity index is 246. The molecule has 0 aromatic carbocycles. The summed E-state index contributed by atoms with van der Waals surface area (Å²) in [6.45, 7) is 17.4. The zero-order chi connectivity index (χ0) is 14.5. The maximum absolute atomic E-state index is 3.67. The first-order chi connectivity index (χ1) is 8.73. The van der Waals surface area contributed by atoms with Crippen LogP contribution in [0.25, 0.3) is 0 Å². The predicted octanol–water partition coefficient (Wildman–Crippen LogP) is 4.06. The topological polar surface area (TPSA) is 15.3 Å². The molecule has 0 aliphatic heterocycles. The maximum Gasteiger partial charge on any atom is 0.00967 e. The molecule has 0 unspecified atom stereocenters. The van der Waals surface area contributed by atoms with Gasteiger partial charge in [-0.15, -0.1) is 0 Å². The SMILES string of the molecule is CCN(CC(C)(C)CNC(C)(C)C)C1CCCCC1. The average molecular weight is 268 g/mol. The van der Waals surface area contributed by atoms with E-state index in [4.69, 9.17) is 0 Å². The van der Waals surface area contributed by atoms with Crippen molar-refractivity contribution in [1.29, 1.82) is 0 Å². The zero-order valence-corrected chi connectivity index (χ0v) is 14.2. The van der Waals surface area contributed by atoms with Gasteiger partial charge in [-0.2, -0.15) is 0 Å². The third-order valence-electron chi connectivity index (χ3n) is 4.23. The van der Waals surface area contributed by atoms with Crippen molar-refractivity contribution in [3.63, 3.8) is 0 Å². The number of nitrogens with zero attached hydrogens (tertiary/aromatic N) is 1. The summed E-state index contributed by atoms with van der Waals surface area (Å²) in [5, 5.41) is 3.67. The molecule has 0 radical (unpaired) electrons. The van der Waals surface area contributed by atoms with Crippen molar-refractivity contribution in [2.75, 3.05) is 19.6 Å². The Labute approximate surface area is 121 Å². The highest BCUT2D eigenvalue weighted by Crippen LogP contribution is 2.26. The Balaban J connectivity index is 2.48. The molecule has 0 aromatic rings. The summed E-state index contributed by atoms with van der Waals surface area (Å²) in [6, 6.07) is 0.840. The molecule has 1 saturated carbocycles. The van der Waals surface area contributed by atoms with E-state index in [0.717, 1.165) is 12.6 Å². The quantitative estimate of drug-likeness (QED) is 0.781. The van der Waals surface area contributed by atoms with Crippen LogP contribution in [0.15, 0.2) is 0 Å². The minimum absolute atomic E-state index is 0.221. The van der Waals surface area contributed by atoms with Gasteiger partial charge in [-0.1, -0.05) is 40.0 Å². The van der Waals surface area contributed by atoms with Gasteiger partial charge in [0, 0.05) is 24.7 Å². The Morgan fingerprint density at radius 1 is 1.00 bits per heavy atom. The third kappa shape index (κ3) is 6.76.